The Hall–Kier alpha value is -0.0400. The van der Waals surface area contributed by atoms with E-state index < -0.39 is 0 Å². The topological polar surface area (TPSA) is 12.0 Å². The predicted octanol–water partition coefficient (Wildman–Crippen LogP) is 3.74. The maximum atomic E-state index is 3.64. The molecule has 2 rings (SSSR count). The van der Waals surface area contributed by atoms with Gasteiger partial charge in [0.15, 0.2) is 0 Å². The van der Waals surface area contributed by atoms with Crippen LogP contribution in [0.5, 0.6) is 0 Å². The molecule has 88 valence electrons. The van der Waals surface area contributed by atoms with E-state index >= 15 is 0 Å². The van der Waals surface area contributed by atoms with Crippen LogP contribution in [0, 0.1) is 11.3 Å². The third-order valence-corrected chi connectivity index (χ3v) is 4.55. The first-order chi connectivity index (χ1) is 7.35. The Morgan fingerprint density at radius 1 is 1.20 bits per heavy atom. The Balaban J connectivity index is 1.65. The second-order valence-electron chi connectivity index (χ2n) is 5.90. The summed E-state index contributed by atoms with van der Waals surface area (Å²) in [6, 6.07) is 0. The quantitative estimate of drug-likeness (QED) is 0.657. The molecular weight excluding hydrogens is 182 g/mol. The third kappa shape index (κ3) is 2.96. The molecule has 1 N–H and O–H groups in total. The summed E-state index contributed by atoms with van der Waals surface area (Å²) in [6.45, 7) is 4.92. The van der Waals surface area contributed by atoms with Crippen LogP contribution in [0.4, 0.5) is 0 Å². The number of fused-ring (bicyclic) bond motifs is 2. The maximum Gasteiger partial charge on any atom is 0.000803 e. The second kappa shape index (κ2) is 5.34. The van der Waals surface area contributed by atoms with Crippen molar-refractivity contribution in [1.82, 2.24) is 5.32 Å². The molecule has 0 radical (unpaired) electrons. The van der Waals surface area contributed by atoms with Gasteiger partial charge in [0.25, 0.3) is 0 Å². The summed E-state index contributed by atoms with van der Waals surface area (Å²) < 4.78 is 0. The Morgan fingerprint density at radius 2 is 2.07 bits per heavy atom. The van der Waals surface area contributed by atoms with Gasteiger partial charge >= 0.3 is 0 Å². The first kappa shape index (κ1) is 11.4. The zero-order valence-electron chi connectivity index (χ0n) is 10.4. The van der Waals surface area contributed by atoms with E-state index in [-0.39, 0.29) is 0 Å². The van der Waals surface area contributed by atoms with Gasteiger partial charge < -0.3 is 5.32 Å². The highest BCUT2D eigenvalue weighted by Gasteiger charge is 2.40. The minimum absolute atomic E-state index is 0.731. The van der Waals surface area contributed by atoms with Gasteiger partial charge in [0.05, 0.1) is 0 Å². The molecule has 1 aliphatic carbocycles. The van der Waals surface area contributed by atoms with E-state index in [1.165, 1.54) is 70.9 Å². The lowest BCUT2D eigenvalue weighted by atomic mass is 9.78. The smallest absolute Gasteiger partial charge is 0.000803 e. The van der Waals surface area contributed by atoms with Crippen molar-refractivity contribution in [3.8, 4) is 0 Å². The highest BCUT2D eigenvalue weighted by Crippen LogP contribution is 2.47. The Labute approximate surface area is 95.0 Å². The molecule has 0 aromatic heterocycles. The molecule has 1 nitrogen and oxygen atoms in total. The molecule has 1 saturated heterocycles. The van der Waals surface area contributed by atoms with E-state index in [9.17, 15) is 0 Å². The molecule has 1 heterocycles. The number of nitrogens with one attached hydrogen (secondary N) is 1. The van der Waals surface area contributed by atoms with Crippen LogP contribution in [0.1, 0.15) is 64.7 Å². The average molecular weight is 209 g/mol. The highest BCUT2D eigenvalue weighted by atomic mass is 14.9. The standard InChI is InChI=1S/C14H27N/c1-2-3-4-5-6-8-14-9-7-13(10-14)11-15-12-14/h13,15H,2-12H2,1H3. The van der Waals surface area contributed by atoms with Crippen LogP contribution in [-0.2, 0) is 0 Å². The lowest BCUT2D eigenvalue weighted by Crippen LogP contribution is -2.39. The summed E-state index contributed by atoms with van der Waals surface area (Å²) in [6.07, 6.45) is 13.3. The largest absolute Gasteiger partial charge is 0.316 e. The van der Waals surface area contributed by atoms with Gasteiger partial charge in [0.1, 0.15) is 0 Å². The van der Waals surface area contributed by atoms with E-state index in [0.717, 1.165) is 11.3 Å². The first-order valence-electron chi connectivity index (χ1n) is 7.05. The number of rotatable bonds is 6. The number of hydrogen-bond donors (Lipinski definition) is 1. The molecule has 0 aromatic rings. The van der Waals surface area contributed by atoms with Gasteiger partial charge in [-0.15, -0.1) is 0 Å². The number of unbranched alkanes of at least 4 members (excludes halogenated alkanes) is 4. The van der Waals surface area contributed by atoms with E-state index in [2.05, 4.69) is 12.2 Å². The minimum atomic E-state index is 0.731. The van der Waals surface area contributed by atoms with Crippen LogP contribution in [0.25, 0.3) is 0 Å². The Bertz CT molecular complexity index is 186. The summed E-state index contributed by atoms with van der Waals surface area (Å²) in [5.74, 6) is 1.02. The fourth-order valence-corrected chi connectivity index (χ4v) is 3.62. The molecule has 1 aliphatic heterocycles. The second-order valence-corrected chi connectivity index (χ2v) is 5.90. The molecule has 2 atom stereocenters. The van der Waals surface area contributed by atoms with Crippen molar-refractivity contribution < 1.29 is 0 Å². The molecule has 2 fully saturated rings. The van der Waals surface area contributed by atoms with Gasteiger partial charge in [-0.25, -0.2) is 0 Å². The summed E-state index contributed by atoms with van der Waals surface area (Å²) >= 11 is 0. The SMILES string of the molecule is CCCCCCCC12CCC(CNC1)C2. The molecule has 2 bridgehead atoms. The Kier molecular flexibility index (Phi) is 4.07. The number of hydrogen-bond acceptors (Lipinski definition) is 1. The zero-order chi connectivity index (χ0) is 10.6. The molecule has 0 amide bonds. The summed E-state index contributed by atoms with van der Waals surface area (Å²) in [5.41, 5.74) is 0.731. The first-order valence-corrected chi connectivity index (χ1v) is 7.05. The van der Waals surface area contributed by atoms with Gasteiger partial charge in [0.2, 0.25) is 0 Å². The zero-order valence-corrected chi connectivity index (χ0v) is 10.4. The van der Waals surface area contributed by atoms with Crippen molar-refractivity contribution in [2.24, 2.45) is 11.3 Å². The van der Waals surface area contributed by atoms with Crippen LogP contribution in [0.15, 0.2) is 0 Å². The van der Waals surface area contributed by atoms with Crippen LogP contribution in [0.2, 0.25) is 0 Å². The average Bonchev–Trinajstić information content (AvgIpc) is 2.54. The maximum absolute atomic E-state index is 3.64. The van der Waals surface area contributed by atoms with Gasteiger partial charge in [-0.1, -0.05) is 39.0 Å². The van der Waals surface area contributed by atoms with Gasteiger partial charge in [-0.2, -0.15) is 0 Å². The molecule has 2 aliphatic rings. The van der Waals surface area contributed by atoms with Crippen LogP contribution in [-0.4, -0.2) is 13.1 Å². The molecule has 2 unspecified atom stereocenters. The summed E-state index contributed by atoms with van der Waals surface area (Å²) in [5, 5.41) is 3.64. The summed E-state index contributed by atoms with van der Waals surface area (Å²) in [4.78, 5) is 0. The van der Waals surface area contributed by atoms with Crippen molar-refractivity contribution in [2.45, 2.75) is 64.7 Å². The van der Waals surface area contributed by atoms with E-state index in [4.69, 9.17) is 0 Å². The molecule has 1 saturated carbocycles. The number of piperidine rings is 1. The van der Waals surface area contributed by atoms with E-state index in [1.807, 2.05) is 0 Å². The fourth-order valence-electron chi connectivity index (χ4n) is 3.62. The molecular formula is C14H27N. The van der Waals surface area contributed by atoms with Gasteiger partial charge in [-0.3, -0.25) is 0 Å². The van der Waals surface area contributed by atoms with Crippen molar-refractivity contribution in [1.29, 1.82) is 0 Å². The predicted molar refractivity (Wildman–Crippen MR) is 66.0 cm³/mol. The normalized spacial score (nSPS) is 34.6. The molecule has 1 heteroatoms. The summed E-state index contributed by atoms with van der Waals surface area (Å²) in [7, 11) is 0. The minimum Gasteiger partial charge on any atom is -0.316 e. The van der Waals surface area contributed by atoms with Crippen molar-refractivity contribution in [2.75, 3.05) is 13.1 Å². The van der Waals surface area contributed by atoms with Gasteiger partial charge in [-0.05, 0) is 43.6 Å². The van der Waals surface area contributed by atoms with Crippen molar-refractivity contribution in [3.63, 3.8) is 0 Å². The van der Waals surface area contributed by atoms with Crippen molar-refractivity contribution >= 4 is 0 Å². The third-order valence-electron chi connectivity index (χ3n) is 4.55. The monoisotopic (exact) mass is 209 g/mol. The fraction of sp³-hybridized carbons (Fsp3) is 1.00. The molecule has 0 spiro atoms. The molecule has 0 aromatic carbocycles. The van der Waals surface area contributed by atoms with Crippen LogP contribution in [0.3, 0.4) is 0 Å². The van der Waals surface area contributed by atoms with Crippen molar-refractivity contribution in [3.05, 3.63) is 0 Å². The van der Waals surface area contributed by atoms with Crippen LogP contribution < -0.4 is 5.32 Å². The highest BCUT2D eigenvalue weighted by molar-refractivity contribution is 4.95. The van der Waals surface area contributed by atoms with Gasteiger partial charge in [0, 0.05) is 6.54 Å². The van der Waals surface area contributed by atoms with E-state index in [1.54, 1.807) is 0 Å². The molecule has 15 heavy (non-hydrogen) atoms. The lowest BCUT2D eigenvalue weighted by molar-refractivity contribution is 0.206. The lowest BCUT2D eigenvalue weighted by Gasteiger charge is -2.34. The Morgan fingerprint density at radius 3 is 2.93 bits per heavy atom. The van der Waals surface area contributed by atoms with Crippen LogP contribution >= 0.6 is 0 Å². The van der Waals surface area contributed by atoms with E-state index in [0.29, 0.717) is 0 Å².